The number of thiocarbonyl (C=S) groups is 1. The largest absolute Gasteiger partial charge is 0.352 e. The number of para-hydroxylation sites is 1. The number of rotatable bonds is 5. The topological polar surface area (TPSA) is 132 Å². The molecule has 1 fully saturated rings. The maximum Gasteiger partial charge on any atom is 0.264 e. The van der Waals surface area contributed by atoms with Crippen LogP contribution < -0.4 is 14.9 Å². The smallest absolute Gasteiger partial charge is 0.264 e. The fourth-order valence-corrected chi connectivity index (χ4v) is 5.73. The zero-order chi connectivity index (χ0) is 26.1. The number of aromatic amines is 1. The Bertz CT molecular complexity index is 1720. The van der Waals surface area contributed by atoms with Crippen LogP contribution in [0.1, 0.15) is 0 Å². The van der Waals surface area contributed by atoms with Crippen LogP contribution in [0.2, 0.25) is 0 Å². The molecular formula is C25H23N9O2S2. The molecule has 11 nitrogen and oxygen atoms in total. The van der Waals surface area contributed by atoms with Crippen LogP contribution in [0.3, 0.4) is 0 Å². The van der Waals surface area contributed by atoms with Crippen molar-refractivity contribution in [2.24, 2.45) is 0 Å². The average Bonchev–Trinajstić information content (AvgIpc) is 3.33. The van der Waals surface area contributed by atoms with Gasteiger partial charge in [-0.3, -0.25) is 0 Å². The molecule has 0 saturated carbocycles. The number of hydrogen-bond acceptors (Lipinski definition) is 8. The van der Waals surface area contributed by atoms with Crippen LogP contribution in [0.4, 0.5) is 17.5 Å². The van der Waals surface area contributed by atoms with E-state index >= 15 is 0 Å². The van der Waals surface area contributed by atoms with Crippen LogP contribution in [0, 0.1) is 0 Å². The minimum absolute atomic E-state index is 0.0161. The highest BCUT2D eigenvalue weighted by Crippen LogP contribution is 2.31. The molecule has 0 spiro atoms. The first-order valence-electron chi connectivity index (χ1n) is 11.9. The van der Waals surface area contributed by atoms with Crippen molar-refractivity contribution >= 4 is 66.7 Å². The molecule has 0 amide bonds. The number of H-pyrrole nitrogens is 1. The van der Waals surface area contributed by atoms with Crippen molar-refractivity contribution in [3.05, 3.63) is 73.3 Å². The average molecular weight is 546 g/mol. The lowest BCUT2D eigenvalue weighted by Gasteiger charge is -2.37. The predicted molar refractivity (Wildman–Crippen MR) is 151 cm³/mol. The molecule has 3 aromatic heterocycles. The van der Waals surface area contributed by atoms with E-state index in [2.05, 4.69) is 50.8 Å². The third kappa shape index (κ3) is 4.68. The standard InChI is InChI=1S/C25H23N9O2S2/c35-38(36,32-24-26-10-3-11-27-24)18-8-6-17(7-9-18)30-25(37)34-14-12-33(13-15-34)23-21-19-4-1-2-5-20(19)31-22(21)28-16-29-23/h1-11,16H,12-15H2,(H,30,37)(H,26,27,32)(H,28,29,31). The predicted octanol–water partition coefficient (Wildman–Crippen LogP) is 3.22. The van der Waals surface area contributed by atoms with E-state index in [1.54, 1.807) is 24.5 Å². The van der Waals surface area contributed by atoms with E-state index in [9.17, 15) is 8.42 Å². The molecule has 13 heteroatoms. The molecule has 4 heterocycles. The Morgan fingerprint density at radius 1 is 0.895 bits per heavy atom. The molecule has 6 rings (SSSR count). The molecule has 2 aromatic carbocycles. The summed E-state index contributed by atoms with van der Waals surface area (Å²) in [7, 11) is -3.80. The van der Waals surface area contributed by atoms with Crippen molar-refractivity contribution in [1.82, 2.24) is 29.8 Å². The Balaban J connectivity index is 1.10. The van der Waals surface area contributed by atoms with Gasteiger partial charge in [0.25, 0.3) is 10.0 Å². The maximum absolute atomic E-state index is 12.6. The fraction of sp³-hybridized carbons (Fsp3) is 0.160. The van der Waals surface area contributed by atoms with Crippen molar-refractivity contribution in [3.8, 4) is 0 Å². The summed E-state index contributed by atoms with van der Waals surface area (Å²) in [5, 5.41) is 5.93. The van der Waals surface area contributed by atoms with Gasteiger partial charge in [0.1, 0.15) is 17.8 Å². The summed E-state index contributed by atoms with van der Waals surface area (Å²) in [6.45, 7) is 2.93. The van der Waals surface area contributed by atoms with Crippen molar-refractivity contribution in [3.63, 3.8) is 0 Å². The van der Waals surface area contributed by atoms with E-state index in [4.69, 9.17) is 12.2 Å². The number of fused-ring (bicyclic) bond motifs is 3. The highest BCUT2D eigenvalue weighted by molar-refractivity contribution is 7.92. The SMILES string of the molecule is O=S(=O)(Nc1ncccn1)c1ccc(NC(=S)N2CCN(c3ncnc4[nH]c5ccccc5c34)CC2)cc1. The van der Waals surface area contributed by atoms with Crippen LogP contribution in [0.5, 0.6) is 0 Å². The summed E-state index contributed by atoms with van der Waals surface area (Å²) in [4.78, 5) is 24.7. The number of anilines is 3. The van der Waals surface area contributed by atoms with Gasteiger partial charge in [-0.1, -0.05) is 18.2 Å². The fourth-order valence-electron chi connectivity index (χ4n) is 4.47. The second-order valence-electron chi connectivity index (χ2n) is 8.70. The highest BCUT2D eigenvalue weighted by Gasteiger charge is 2.23. The molecule has 1 aliphatic rings. The van der Waals surface area contributed by atoms with Gasteiger partial charge in [-0.15, -0.1) is 0 Å². The van der Waals surface area contributed by atoms with Gasteiger partial charge in [0.05, 0.1) is 10.3 Å². The number of hydrogen-bond donors (Lipinski definition) is 3. The van der Waals surface area contributed by atoms with Gasteiger partial charge >= 0.3 is 0 Å². The summed E-state index contributed by atoms with van der Waals surface area (Å²) >= 11 is 5.65. The first-order chi connectivity index (χ1) is 18.5. The van der Waals surface area contributed by atoms with E-state index in [0.29, 0.717) is 23.9 Å². The first-order valence-corrected chi connectivity index (χ1v) is 13.8. The number of nitrogens with one attached hydrogen (secondary N) is 3. The number of aromatic nitrogens is 5. The Morgan fingerprint density at radius 3 is 2.39 bits per heavy atom. The molecule has 3 N–H and O–H groups in total. The third-order valence-corrected chi connectivity index (χ3v) is 8.05. The van der Waals surface area contributed by atoms with Crippen molar-refractivity contribution in [2.45, 2.75) is 4.90 Å². The molecule has 0 bridgehead atoms. The molecule has 0 radical (unpaired) electrons. The zero-order valence-corrected chi connectivity index (χ0v) is 21.7. The van der Waals surface area contributed by atoms with Gasteiger partial charge in [-0.05, 0) is 48.6 Å². The van der Waals surface area contributed by atoms with Crippen LogP contribution in [-0.2, 0) is 10.0 Å². The Hall–Kier alpha value is -4.36. The summed E-state index contributed by atoms with van der Waals surface area (Å²) in [5.74, 6) is 0.930. The summed E-state index contributed by atoms with van der Waals surface area (Å²) < 4.78 is 27.6. The van der Waals surface area contributed by atoms with E-state index < -0.39 is 10.0 Å². The molecular weight excluding hydrogens is 522 g/mol. The quantitative estimate of drug-likeness (QED) is 0.283. The molecule has 0 aliphatic carbocycles. The summed E-state index contributed by atoms with van der Waals surface area (Å²) in [6.07, 6.45) is 4.53. The lowest BCUT2D eigenvalue weighted by molar-refractivity contribution is 0.390. The molecule has 0 unspecified atom stereocenters. The zero-order valence-electron chi connectivity index (χ0n) is 20.1. The lowest BCUT2D eigenvalue weighted by Crippen LogP contribution is -2.50. The van der Waals surface area contributed by atoms with Crippen molar-refractivity contribution in [2.75, 3.05) is 41.1 Å². The monoisotopic (exact) mass is 545 g/mol. The van der Waals surface area contributed by atoms with Crippen LogP contribution in [0.15, 0.2) is 78.2 Å². The van der Waals surface area contributed by atoms with Crippen LogP contribution >= 0.6 is 12.2 Å². The minimum Gasteiger partial charge on any atom is -0.352 e. The van der Waals surface area contributed by atoms with Crippen molar-refractivity contribution in [1.29, 1.82) is 0 Å². The van der Waals surface area contributed by atoms with Gasteiger partial charge in [0, 0.05) is 55.2 Å². The van der Waals surface area contributed by atoms with Gasteiger partial charge in [-0.2, -0.15) is 0 Å². The number of nitrogens with zero attached hydrogens (tertiary/aromatic N) is 6. The van der Waals surface area contributed by atoms with E-state index in [0.717, 1.165) is 40.8 Å². The normalized spacial score (nSPS) is 14.1. The second kappa shape index (κ2) is 9.84. The van der Waals surface area contributed by atoms with Gasteiger partial charge in [0.2, 0.25) is 5.95 Å². The number of sulfonamides is 1. The van der Waals surface area contributed by atoms with E-state index in [-0.39, 0.29) is 10.8 Å². The number of piperazine rings is 1. The first kappa shape index (κ1) is 24.0. The van der Waals surface area contributed by atoms with Gasteiger partial charge in [-0.25, -0.2) is 33.1 Å². The molecule has 1 saturated heterocycles. The van der Waals surface area contributed by atoms with Crippen molar-refractivity contribution < 1.29 is 8.42 Å². The lowest BCUT2D eigenvalue weighted by atomic mass is 10.2. The van der Waals surface area contributed by atoms with E-state index in [1.807, 2.05) is 18.2 Å². The molecule has 192 valence electrons. The Kier molecular flexibility index (Phi) is 6.21. The van der Waals surface area contributed by atoms with Gasteiger partial charge in [0.15, 0.2) is 5.11 Å². The molecule has 5 aromatic rings. The minimum atomic E-state index is -3.80. The molecule has 38 heavy (non-hydrogen) atoms. The second-order valence-corrected chi connectivity index (χ2v) is 10.8. The molecule has 1 aliphatic heterocycles. The maximum atomic E-state index is 12.6. The Morgan fingerprint density at radius 2 is 1.63 bits per heavy atom. The van der Waals surface area contributed by atoms with Crippen LogP contribution in [-0.4, -0.2) is 69.5 Å². The Labute approximate surface area is 224 Å². The van der Waals surface area contributed by atoms with Gasteiger partial charge < -0.3 is 20.1 Å². The summed E-state index contributed by atoms with van der Waals surface area (Å²) in [5.41, 5.74) is 2.56. The number of benzene rings is 2. The summed E-state index contributed by atoms with van der Waals surface area (Å²) in [6, 6.07) is 16.1. The highest BCUT2D eigenvalue weighted by atomic mass is 32.2. The molecule has 0 atom stereocenters. The van der Waals surface area contributed by atoms with Crippen LogP contribution in [0.25, 0.3) is 21.9 Å². The van der Waals surface area contributed by atoms with E-state index in [1.165, 1.54) is 24.5 Å². The third-order valence-electron chi connectivity index (χ3n) is 6.35.